The predicted octanol–water partition coefficient (Wildman–Crippen LogP) is 5.04. The second kappa shape index (κ2) is 6.99. The number of halogens is 1. The number of hydrogen-bond acceptors (Lipinski definition) is 3. The number of Topliss-reactive ketones (excluding diaryl/α,β-unsaturated/α-hetero) is 1. The van der Waals surface area contributed by atoms with Crippen LogP contribution in [0.4, 0.5) is 0 Å². The van der Waals surface area contributed by atoms with Crippen LogP contribution in [0.25, 0.3) is 0 Å². The molecule has 4 unspecified atom stereocenters. The van der Waals surface area contributed by atoms with Gasteiger partial charge in [0, 0.05) is 24.1 Å². The van der Waals surface area contributed by atoms with E-state index in [1.807, 2.05) is 6.07 Å². The molecule has 0 saturated heterocycles. The van der Waals surface area contributed by atoms with Crippen LogP contribution in [0, 0.1) is 17.3 Å². The van der Waals surface area contributed by atoms with E-state index in [0.29, 0.717) is 48.0 Å². The number of rotatable bonds is 4. The summed E-state index contributed by atoms with van der Waals surface area (Å²) in [5, 5.41) is 0. The molecule has 3 nitrogen and oxygen atoms in total. The highest BCUT2D eigenvalue weighted by Crippen LogP contribution is 2.59. The third-order valence-corrected chi connectivity index (χ3v) is 7.42. The zero-order valence-electron chi connectivity index (χ0n) is 15.4. The van der Waals surface area contributed by atoms with Gasteiger partial charge in [0.2, 0.25) is 0 Å². The van der Waals surface area contributed by atoms with Crippen LogP contribution in [-0.2, 0) is 16.0 Å². The summed E-state index contributed by atoms with van der Waals surface area (Å²) in [7, 11) is 0. The van der Waals surface area contributed by atoms with Crippen LogP contribution in [0.3, 0.4) is 0 Å². The van der Waals surface area contributed by atoms with Crippen LogP contribution in [0.2, 0.25) is 0 Å². The SMILES string of the molecule is CC12CCC3c4ccc(OC(=O)CCCCl)cc4CCC3C1CCC2=O. The Morgan fingerprint density at radius 2 is 2.12 bits per heavy atom. The van der Waals surface area contributed by atoms with Gasteiger partial charge in [0.1, 0.15) is 11.5 Å². The molecule has 0 radical (unpaired) electrons. The number of hydrogen-bond donors (Lipinski definition) is 0. The first-order valence-corrected chi connectivity index (χ1v) is 10.5. The number of benzene rings is 1. The molecular formula is C22H27ClO3. The molecule has 0 aromatic heterocycles. The second-order valence-corrected chi connectivity index (χ2v) is 8.84. The lowest BCUT2D eigenvalue weighted by Crippen LogP contribution is -2.42. The maximum atomic E-state index is 12.4. The lowest BCUT2D eigenvalue weighted by atomic mass is 9.55. The molecule has 3 aliphatic rings. The van der Waals surface area contributed by atoms with Crippen LogP contribution in [-0.4, -0.2) is 17.6 Å². The summed E-state index contributed by atoms with van der Waals surface area (Å²) < 4.78 is 5.48. The van der Waals surface area contributed by atoms with Crippen molar-refractivity contribution in [3.8, 4) is 5.75 Å². The van der Waals surface area contributed by atoms with E-state index in [9.17, 15) is 9.59 Å². The Morgan fingerprint density at radius 3 is 2.92 bits per heavy atom. The minimum Gasteiger partial charge on any atom is -0.427 e. The molecule has 26 heavy (non-hydrogen) atoms. The standard InChI is InChI=1S/C22H27ClO3/c1-22-11-10-17-16-7-5-15(26-21(25)3-2-12-23)13-14(16)4-6-18(17)19(22)8-9-20(22)24/h5,7,13,17-19H,2-4,6,8-12H2,1H3. The van der Waals surface area contributed by atoms with E-state index < -0.39 is 0 Å². The van der Waals surface area contributed by atoms with E-state index in [1.54, 1.807) is 0 Å². The van der Waals surface area contributed by atoms with E-state index >= 15 is 0 Å². The highest BCUT2D eigenvalue weighted by atomic mass is 35.5. The normalized spacial score (nSPS) is 32.5. The molecule has 0 aliphatic heterocycles. The minimum atomic E-state index is -0.211. The molecule has 140 valence electrons. The zero-order valence-corrected chi connectivity index (χ0v) is 16.2. The molecular weight excluding hydrogens is 348 g/mol. The van der Waals surface area contributed by atoms with Gasteiger partial charge in [-0.3, -0.25) is 9.59 Å². The highest BCUT2D eigenvalue weighted by molar-refractivity contribution is 6.17. The smallest absolute Gasteiger partial charge is 0.311 e. The third kappa shape index (κ3) is 2.98. The number of carbonyl (C=O) groups is 2. The minimum absolute atomic E-state index is 0.0729. The lowest BCUT2D eigenvalue weighted by molar-refractivity contribution is -0.134. The molecule has 4 rings (SSSR count). The zero-order chi connectivity index (χ0) is 18.3. The fourth-order valence-electron chi connectivity index (χ4n) is 5.79. The number of aryl methyl sites for hydroxylation is 1. The fourth-order valence-corrected chi connectivity index (χ4v) is 5.92. The Bertz CT molecular complexity index is 728. The first kappa shape index (κ1) is 18.0. The number of carbonyl (C=O) groups excluding carboxylic acids is 2. The number of fused-ring (bicyclic) bond motifs is 5. The Labute approximate surface area is 160 Å². The van der Waals surface area contributed by atoms with Gasteiger partial charge in [-0.1, -0.05) is 13.0 Å². The summed E-state index contributed by atoms with van der Waals surface area (Å²) in [5.74, 6) is 3.15. The predicted molar refractivity (Wildman–Crippen MR) is 102 cm³/mol. The summed E-state index contributed by atoms with van der Waals surface area (Å²) in [5.41, 5.74) is 2.67. The van der Waals surface area contributed by atoms with Gasteiger partial charge in [0.25, 0.3) is 0 Å². The van der Waals surface area contributed by atoms with E-state index in [-0.39, 0.29) is 11.4 Å². The summed E-state index contributed by atoms with van der Waals surface area (Å²) in [6, 6.07) is 6.15. The average Bonchev–Trinajstić information content (AvgIpc) is 2.94. The molecule has 0 bridgehead atoms. The van der Waals surface area contributed by atoms with Crippen LogP contribution in [0.5, 0.6) is 5.75 Å². The molecule has 4 heteroatoms. The van der Waals surface area contributed by atoms with Crippen molar-refractivity contribution in [3.05, 3.63) is 29.3 Å². The van der Waals surface area contributed by atoms with E-state index in [4.69, 9.17) is 16.3 Å². The van der Waals surface area contributed by atoms with Crippen LogP contribution >= 0.6 is 11.6 Å². The van der Waals surface area contributed by atoms with Gasteiger partial charge >= 0.3 is 5.97 Å². The lowest BCUT2D eigenvalue weighted by Gasteiger charge is -2.48. The second-order valence-electron chi connectivity index (χ2n) is 8.46. The topological polar surface area (TPSA) is 43.4 Å². The van der Waals surface area contributed by atoms with Crippen molar-refractivity contribution >= 4 is 23.4 Å². The number of esters is 1. The largest absolute Gasteiger partial charge is 0.427 e. The van der Waals surface area contributed by atoms with Gasteiger partial charge in [-0.15, -0.1) is 11.6 Å². The fraction of sp³-hybridized carbons (Fsp3) is 0.636. The number of alkyl halides is 1. The summed E-state index contributed by atoms with van der Waals surface area (Å²) in [4.78, 5) is 24.3. The van der Waals surface area contributed by atoms with Crippen molar-refractivity contribution in [2.75, 3.05) is 5.88 Å². The van der Waals surface area contributed by atoms with Crippen molar-refractivity contribution < 1.29 is 14.3 Å². The van der Waals surface area contributed by atoms with E-state index in [0.717, 1.165) is 38.5 Å². The van der Waals surface area contributed by atoms with Gasteiger partial charge in [-0.2, -0.15) is 0 Å². The van der Waals surface area contributed by atoms with Gasteiger partial charge in [0.05, 0.1) is 0 Å². The third-order valence-electron chi connectivity index (χ3n) is 7.15. The Balaban J connectivity index is 1.52. The molecule has 0 spiro atoms. The quantitative estimate of drug-likeness (QED) is 0.421. The molecule has 1 aromatic carbocycles. The van der Waals surface area contributed by atoms with E-state index in [2.05, 4.69) is 19.1 Å². The molecule has 0 heterocycles. The van der Waals surface area contributed by atoms with Crippen molar-refractivity contribution in [1.29, 1.82) is 0 Å². The van der Waals surface area contributed by atoms with Crippen molar-refractivity contribution in [2.24, 2.45) is 17.3 Å². The Hall–Kier alpha value is -1.35. The summed E-state index contributed by atoms with van der Waals surface area (Å²) >= 11 is 5.64. The molecule has 0 amide bonds. The van der Waals surface area contributed by atoms with Gasteiger partial charge in [0.15, 0.2) is 0 Å². The molecule has 2 fully saturated rings. The highest BCUT2D eigenvalue weighted by Gasteiger charge is 2.54. The molecule has 1 aromatic rings. The first-order valence-electron chi connectivity index (χ1n) is 9.95. The average molecular weight is 375 g/mol. The van der Waals surface area contributed by atoms with Gasteiger partial charge in [-0.25, -0.2) is 0 Å². The van der Waals surface area contributed by atoms with Crippen LogP contribution in [0.15, 0.2) is 18.2 Å². The molecule has 4 atom stereocenters. The van der Waals surface area contributed by atoms with Crippen LogP contribution in [0.1, 0.15) is 68.9 Å². The van der Waals surface area contributed by atoms with Crippen molar-refractivity contribution in [1.82, 2.24) is 0 Å². The van der Waals surface area contributed by atoms with Crippen molar-refractivity contribution in [2.45, 2.75) is 64.2 Å². The van der Waals surface area contributed by atoms with Crippen LogP contribution < -0.4 is 4.74 Å². The molecule has 2 saturated carbocycles. The summed E-state index contributed by atoms with van der Waals surface area (Å²) in [6.07, 6.45) is 7.14. The first-order chi connectivity index (χ1) is 12.5. The van der Waals surface area contributed by atoms with E-state index in [1.165, 1.54) is 11.1 Å². The van der Waals surface area contributed by atoms with Crippen molar-refractivity contribution in [3.63, 3.8) is 0 Å². The maximum Gasteiger partial charge on any atom is 0.311 e. The number of ether oxygens (including phenoxy) is 1. The monoisotopic (exact) mass is 374 g/mol. The number of ketones is 1. The Kier molecular flexibility index (Phi) is 4.85. The van der Waals surface area contributed by atoms with Gasteiger partial charge in [-0.05, 0) is 79.5 Å². The molecule has 3 aliphatic carbocycles. The Morgan fingerprint density at radius 1 is 1.27 bits per heavy atom. The van der Waals surface area contributed by atoms with Gasteiger partial charge < -0.3 is 4.74 Å². The molecule has 0 N–H and O–H groups in total. The summed E-state index contributed by atoms with van der Waals surface area (Å²) in [6.45, 7) is 2.21. The maximum absolute atomic E-state index is 12.4.